The number of nitrogens with one attached hydrogen (secondary N) is 1. The van der Waals surface area contributed by atoms with Gasteiger partial charge in [0.2, 0.25) is 5.91 Å². The van der Waals surface area contributed by atoms with Gasteiger partial charge in [-0.2, -0.15) is 0 Å². The van der Waals surface area contributed by atoms with Crippen LogP contribution in [0.4, 0.5) is 10.5 Å². The normalized spacial score (nSPS) is 20.5. The van der Waals surface area contributed by atoms with Crippen molar-refractivity contribution in [2.45, 2.75) is 30.2 Å². The Kier molecular flexibility index (Phi) is 5.91. The third-order valence-electron chi connectivity index (χ3n) is 5.74. The van der Waals surface area contributed by atoms with E-state index in [1.54, 1.807) is 30.7 Å². The number of fused-ring (bicyclic) bond motifs is 1. The number of methoxy groups -OCH3 is 1. The quantitative estimate of drug-likeness (QED) is 0.700. The van der Waals surface area contributed by atoms with Crippen LogP contribution in [0.3, 0.4) is 0 Å². The summed E-state index contributed by atoms with van der Waals surface area (Å²) in [7, 11) is 1.61. The van der Waals surface area contributed by atoms with E-state index in [1.165, 1.54) is 0 Å². The van der Waals surface area contributed by atoms with Gasteiger partial charge in [-0.05, 0) is 49.6 Å². The lowest BCUT2D eigenvalue weighted by molar-refractivity contribution is -0.134. The zero-order valence-corrected chi connectivity index (χ0v) is 18.4. The molecule has 162 valence electrons. The molecule has 1 fully saturated rings. The SMILES string of the molecule is COc1ccc(CC[C@@]2(C)NC(=O)N(CC(=O)N3CCSc4ccccc43)C2=O)cc1. The molecule has 0 bridgehead atoms. The number of urea groups is 1. The molecule has 0 spiro atoms. The third kappa shape index (κ3) is 4.25. The van der Waals surface area contributed by atoms with E-state index in [0.29, 0.717) is 19.4 Å². The fourth-order valence-electron chi connectivity index (χ4n) is 3.90. The molecule has 7 nitrogen and oxygen atoms in total. The van der Waals surface area contributed by atoms with Gasteiger partial charge in [0.05, 0.1) is 12.8 Å². The van der Waals surface area contributed by atoms with E-state index in [-0.39, 0.29) is 18.4 Å². The minimum absolute atomic E-state index is 0.254. The molecule has 1 saturated heterocycles. The second-order valence-corrected chi connectivity index (χ2v) is 9.00. The van der Waals surface area contributed by atoms with Crippen molar-refractivity contribution in [1.82, 2.24) is 10.2 Å². The van der Waals surface area contributed by atoms with Gasteiger partial charge in [0.25, 0.3) is 5.91 Å². The van der Waals surface area contributed by atoms with Crippen LogP contribution in [-0.4, -0.2) is 54.2 Å². The van der Waals surface area contributed by atoms with Crippen LogP contribution in [-0.2, 0) is 16.0 Å². The van der Waals surface area contributed by atoms with Crippen LogP contribution in [0.15, 0.2) is 53.4 Å². The van der Waals surface area contributed by atoms with Gasteiger partial charge in [0.1, 0.15) is 17.8 Å². The highest BCUT2D eigenvalue weighted by Gasteiger charge is 2.48. The topological polar surface area (TPSA) is 79.0 Å². The van der Waals surface area contributed by atoms with Gasteiger partial charge in [0.15, 0.2) is 0 Å². The Bertz CT molecular complexity index is 1010. The van der Waals surface area contributed by atoms with E-state index in [4.69, 9.17) is 4.74 Å². The van der Waals surface area contributed by atoms with Crippen LogP contribution >= 0.6 is 11.8 Å². The summed E-state index contributed by atoms with van der Waals surface area (Å²) < 4.78 is 5.17. The smallest absolute Gasteiger partial charge is 0.325 e. The highest BCUT2D eigenvalue weighted by atomic mass is 32.2. The van der Waals surface area contributed by atoms with E-state index in [2.05, 4.69) is 5.32 Å². The molecule has 0 saturated carbocycles. The Morgan fingerprint density at radius 3 is 2.65 bits per heavy atom. The molecule has 2 aliphatic heterocycles. The number of nitrogens with zero attached hydrogens (tertiary/aromatic N) is 2. The molecule has 0 unspecified atom stereocenters. The summed E-state index contributed by atoms with van der Waals surface area (Å²) in [4.78, 5) is 42.4. The number of thioether (sulfide) groups is 1. The van der Waals surface area contributed by atoms with Crippen molar-refractivity contribution in [3.8, 4) is 5.75 Å². The van der Waals surface area contributed by atoms with Crippen molar-refractivity contribution >= 4 is 35.3 Å². The van der Waals surface area contributed by atoms with Crippen molar-refractivity contribution in [1.29, 1.82) is 0 Å². The number of para-hydroxylation sites is 1. The zero-order valence-electron chi connectivity index (χ0n) is 17.6. The van der Waals surface area contributed by atoms with Gasteiger partial charge in [-0.3, -0.25) is 14.5 Å². The number of anilines is 1. The molecule has 1 atom stereocenters. The molecule has 31 heavy (non-hydrogen) atoms. The van der Waals surface area contributed by atoms with Gasteiger partial charge in [-0.25, -0.2) is 4.79 Å². The fraction of sp³-hybridized carbons (Fsp3) is 0.348. The van der Waals surface area contributed by atoms with Crippen LogP contribution in [0, 0.1) is 0 Å². The van der Waals surface area contributed by atoms with Gasteiger partial charge in [-0.15, -0.1) is 11.8 Å². The summed E-state index contributed by atoms with van der Waals surface area (Å²) in [5, 5.41) is 2.79. The number of carbonyl (C=O) groups excluding carboxylic acids is 3. The first-order chi connectivity index (χ1) is 14.9. The molecule has 0 aliphatic carbocycles. The zero-order chi connectivity index (χ0) is 22.0. The van der Waals surface area contributed by atoms with Crippen LogP contribution in [0.5, 0.6) is 5.75 Å². The van der Waals surface area contributed by atoms with Crippen molar-refractivity contribution in [2.24, 2.45) is 0 Å². The molecular formula is C23H25N3O4S. The van der Waals surface area contributed by atoms with E-state index >= 15 is 0 Å². The Balaban J connectivity index is 1.42. The summed E-state index contributed by atoms with van der Waals surface area (Å²) in [6.45, 7) is 2.01. The Labute approximate surface area is 185 Å². The molecule has 4 rings (SSSR count). The molecule has 4 amide bonds. The maximum atomic E-state index is 13.1. The van der Waals surface area contributed by atoms with E-state index in [0.717, 1.165) is 32.5 Å². The van der Waals surface area contributed by atoms with E-state index < -0.39 is 11.6 Å². The molecule has 8 heteroatoms. The van der Waals surface area contributed by atoms with Crippen molar-refractivity contribution in [3.05, 3.63) is 54.1 Å². The molecular weight excluding hydrogens is 414 g/mol. The predicted octanol–water partition coefficient (Wildman–Crippen LogP) is 3.08. The average molecular weight is 440 g/mol. The van der Waals surface area contributed by atoms with E-state index in [1.807, 2.05) is 48.5 Å². The minimum atomic E-state index is -1.03. The molecule has 0 aromatic heterocycles. The second kappa shape index (κ2) is 8.63. The second-order valence-electron chi connectivity index (χ2n) is 7.86. The molecule has 2 aliphatic rings. The van der Waals surface area contributed by atoms with Crippen molar-refractivity contribution < 1.29 is 19.1 Å². The summed E-state index contributed by atoms with van der Waals surface area (Å²) in [6.07, 6.45) is 1.06. The molecule has 2 heterocycles. The number of rotatable bonds is 6. The van der Waals surface area contributed by atoms with Crippen molar-refractivity contribution in [3.63, 3.8) is 0 Å². The number of amides is 4. The molecule has 2 aromatic carbocycles. The summed E-state index contributed by atoms with van der Waals surface area (Å²) >= 11 is 1.70. The van der Waals surface area contributed by atoms with Crippen LogP contribution in [0.25, 0.3) is 0 Å². The number of carbonyl (C=O) groups is 3. The maximum Gasteiger partial charge on any atom is 0.325 e. The minimum Gasteiger partial charge on any atom is -0.497 e. The lowest BCUT2D eigenvalue weighted by Crippen LogP contribution is -2.47. The average Bonchev–Trinajstić information content (AvgIpc) is 3.00. The summed E-state index contributed by atoms with van der Waals surface area (Å²) in [5.74, 6) is 0.930. The van der Waals surface area contributed by atoms with Crippen LogP contribution in [0.2, 0.25) is 0 Å². The highest BCUT2D eigenvalue weighted by Crippen LogP contribution is 2.34. The fourth-order valence-corrected chi connectivity index (χ4v) is 4.89. The van der Waals surface area contributed by atoms with Crippen LogP contribution < -0.4 is 15.0 Å². The number of aryl methyl sites for hydroxylation is 1. The molecule has 1 N–H and O–H groups in total. The number of imide groups is 1. The first kappa shape index (κ1) is 21.2. The first-order valence-electron chi connectivity index (χ1n) is 10.2. The third-order valence-corrected chi connectivity index (χ3v) is 6.78. The summed E-state index contributed by atoms with van der Waals surface area (Å²) in [6, 6.07) is 14.8. The Hall–Kier alpha value is -3.00. The van der Waals surface area contributed by atoms with Crippen LogP contribution in [0.1, 0.15) is 18.9 Å². The highest BCUT2D eigenvalue weighted by molar-refractivity contribution is 7.99. The largest absolute Gasteiger partial charge is 0.497 e. The summed E-state index contributed by atoms with van der Waals surface area (Å²) in [5.41, 5.74) is 0.839. The van der Waals surface area contributed by atoms with Gasteiger partial charge >= 0.3 is 6.03 Å². The van der Waals surface area contributed by atoms with E-state index in [9.17, 15) is 14.4 Å². The van der Waals surface area contributed by atoms with Gasteiger partial charge < -0.3 is 15.0 Å². The number of ether oxygens (including phenoxy) is 1. The number of hydrogen-bond donors (Lipinski definition) is 1. The predicted molar refractivity (Wildman–Crippen MR) is 119 cm³/mol. The molecule has 0 radical (unpaired) electrons. The Morgan fingerprint density at radius 1 is 1.16 bits per heavy atom. The van der Waals surface area contributed by atoms with Crippen molar-refractivity contribution in [2.75, 3.05) is 30.9 Å². The lowest BCUT2D eigenvalue weighted by atomic mass is 9.93. The standard InChI is InChI=1S/C23H25N3O4S/c1-23(12-11-16-7-9-17(30-2)10-8-16)21(28)26(22(29)24-23)15-20(27)25-13-14-31-19-6-4-3-5-18(19)25/h3-10H,11-15H2,1-2H3,(H,24,29)/t23-/m1/s1. The monoisotopic (exact) mass is 439 g/mol. The maximum absolute atomic E-state index is 13.1. The first-order valence-corrected chi connectivity index (χ1v) is 11.2. The lowest BCUT2D eigenvalue weighted by Gasteiger charge is -2.30. The number of benzene rings is 2. The molecule has 2 aromatic rings. The van der Waals surface area contributed by atoms with Gasteiger partial charge in [-0.1, -0.05) is 24.3 Å². The number of hydrogen-bond acceptors (Lipinski definition) is 5. The Morgan fingerprint density at radius 2 is 1.90 bits per heavy atom. The van der Waals surface area contributed by atoms with Gasteiger partial charge in [0, 0.05) is 17.2 Å².